The van der Waals surface area contributed by atoms with Gasteiger partial charge in [-0.15, -0.1) is 0 Å². The van der Waals surface area contributed by atoms with Crippen molar-refractivity contribution < 1.29 is 9.90 Å². The number of halogens is 1. The van der Waals surface area contributed by atoms with Crippen molar-refractivity contribution in [2.24, 2.45) is 0 Å². The quantitative estimate of drug-likeness (QED) is 0.538. The van der Waals surface area contributed by atoms with Crippen molar-refractivity contribution in [1.29, 1.82) is 0 Å². The zero-order chi connectivity index (χ0) is 18.8. The van der Waals surface area contributed by atoms with Crippen LogP contribution in [0.25, 0.3) is 22.2 Å². The molecule has 0 spiro atoms. The van der Waals surface area contributed by atoms with Crippen LogP contribution in [0.3, 0.4) is 0 Å². The molecular formula is C21H13BrN3O2-. The van der Waals surface area contributed by atoms with Crippen LogP contribution in [0.2, 0.25) is 0 Å². The van der Waals surface area contributed by atoms with Crippen LogP contribution in [0.15, 0.2) is 77.3 Å². The number of rotatable bonds is 4. The second kappa shape index (κ2) is 7.17. The topological polar surface area (TPSA) is 77.9 Å². The number of carbonyl (C=O) groups excluding carboxylic acids is 1. The maximum Gasteiger partial charge on any atom is 0.228 e. The Morgan fingerprint density at radius 1 is 0.926 bits per heavy atom. The number of nitrogens with one attached hydrogen (secondary N) is 1. The molecule has 0 aliphatic rings. The fraction of sp³-hybridized carbons (Fsp3) is 0. The Morgan fingerprint density at radius 3 is 2.52 bits per heavy atom. The van der Waals surface area contributed by atoms with E-state index in [-0.39, 0.29) is 5.56 Å². The molecule has 0 unspecified atom stereocenters. The van der Waals surface area contributed by atoms with Crippen molar-refractivity contribution in [3.63, 3.8) is 0 Å². The van der Waals surface area contributed by atoms with Gasteiger partial charge in [-0.2, -0.15) is 0 Å². The number of carboxylic acid groups (broad SMARTS) is 1. The van der Waals surface area contributed by atoms with E-state index in [1.807, 2.05) is 48.5 Å². The average molecular weight is 419 g/mol. The summed E-state index contributed by atoms with van der Waals surface area (Å²) in [5, 5.41) is 15.1. The van der Waals surface area contributed by atoms with Crippen molar-refractivity contribution in [3.8, 4) is 11.3 Å². The Hall–Kier alpha value is -3.25. The van der Waals surface area contributed by atoms with Crippen molar-refractivity contribution >= 4 is 44.4 Å². The summed E-state index contributed by atoms with van der Waals surface area (Å²) in [4.78, 5) is 20.3. The van der Waals surface area contributed by atoms with E-state index in [0.29, 0.717) is 11.6 Å². The summed E-state index contributed by atoms with van der Waals surface area (Å²) < 4.78 is 0.943. The smallest absolute Gasteiger partial charge is 0.228 e. The number of carboxylic acids is 1. The van der Waals surface area contributed by atoms with Gasteiger partial charge in [-0.25, -0.2) is 9.97 Å². The molecule has 0 fully saturated rings. The van der Waals surface area contributed by atoms with E-state index in [1.54, 1.807) is 12.1 Å². The van der Waals surface area contributed by atoms with Gasteiger partial charge in [0.1, 0.15) is 0 Å². The fourth-order valence-electron chi connectivity index (χ4n) is 2.83. The highest BCUT2D eigenvalue weighted by molar-refractivity contribution is 9.10. The Balaban J connectivity index is 1.84. The van der Waals surface area contributed by atoms with Gasteiger partial charge in [0.05, 0.1) is 17.2 Å². The highest BCUT2D eigenvalue weighted by atomic mass is 79.9. The molecule has 1 N–H and O–H groups in total. The molecule has 4 aromatic rings. The summed E-state index contributed by atoms with van der Waals surface area (Å²) in [5.41, 5.74) is 3.21. The van der Waals surface area contributed by atoms with Gasteiger partial charge < -0.3 is 15.2 Å². The van der Waals surface area contributed by atoms with Crippen LogP contribution in [0.5, 0.6) is 0 Å². The fourth-order valence-corrected chi connectivity index (χ4v) is 3.19. The first-order chi connectivity index (χ1) is 13.1. The minimum absolute atomic E-state index is 0.0907. The Bertz CT molecular complexity index is 1150. The molecule has 0 radical (unpaired) electrons. The maximum atomic E-state index is 11.1. The molecule has 0 bridgehead atoms. The number of benzene rings is 3. The van der Waals surface area contributed by atoms with Crippen molar-refractivity contribution in [2.75, 3.05) is 5.32 Å². The van der Waals surface area contributed by atoms with Crippen molar-refractivity contribution in [1.82, 2.24) is 9.97 Å². The third-order valence-electron chi connectivity index (χ3n) is 4.06. The van der Waals surface area contributed by atoms with Crippen LogP contribution in [-0.2, 0) is 0 Å². The largest absolute Gasteiger partial charge is 0.545 e. The molecule has 5 nitrogen and oxygen atoms in total. The number of carbonyl (C=O) groups is 1. The molecule has 132 valence electrons. The van der Waals surface area contributed by atoms with Crippen molar-refractivity contribution in [3.05, 3.63) is 82.8 Å². The van der Waals surface area contributed by atoms with Crippen LogP contribution in [0.4, 0.5) is 11.6 Å². The average Bonchev–Trinajstić information content (AvgIpc) is 2.68. The summed E-state index contributed by atoms with van der Waals surface area (Å²) in [5.74, 6) is -0.841. The van der Waals surface area contributed by atoms with Crippen LogP contribution < -0.4 is 10.4 Å². The number of aromatic carboxylic acids is 1. The van der Waals surface area contributed by atoms with Gasteiger partial charge in [0.2, 0.25) is 5.95 Å². The van der Waals surface area contributed by atoms with E-state index >= 15 is 0 Å². The monoisotopic (exact) mass is 418 g/mol. The van der Waals surface area contributed by atoms with E-state index in [0.717, 1.165) is 26.6 Å². The highest BCUT2D eigenvalue weighted by Crippen LogP contribution is 2.30. The summed E-state index contributed by atoms with van der Waals surface area (Å²) >= 11 is 3.50. The predicted octanol–water partition coefficient (Wildman–Crippen LogP) is 4.17. The number of fused-ring (bicyclic) bond motifs is 1. The van der Waals surface area contributed by atoms with E-state index in [1.165, 1.54) is 12.1 Å². The summed E-state index contributed by atoms with van der Waals surface area (Å²) in [6.07, 6.45) is 0. The summed E-state index contributed by atoms with van der Waals surface area (Å²) in [6.45, 7) is 0. The van der Waals surface area contributed by atoms with Gasteiger partial charge in [0.15, 0.2) is 0 Å². The molecule has 6 heteroatoms. The Labute approximate surface area is 163 Å². The first-order valence-corrected chi connectivity index (χ1v) is 9.00. The van der Waals surface area contributed by atoms with Crippen LogP contribution in [-0.4, -0.2) is 15.9 Å². The number of hydrogen-bond donors (Lipinski definition) is 1. The normalized spacial score (nSPS) is 10.7. The minimum Gasteiger partial charge on any atom is -0.545 e. The Kier molecular flexibility index (Phi) is 4.56. The van der Waals surface area contributed by atoms with Gasteiger partial charge in [0, 0.05) is 21.1 Å². The molecule has 0 aliphatic carbocycles. The molecular weight excluding hydrogens is 406 g/mol. The minimum atomic E-state index is -1.23. The van der Waals surface area contributed by atoms with Gasteiger partial charge in [0.25, 0.3) is 0 Å². The molecule has 0 amide bonds. The lowest BCUT2D eigenvalue weighted by atomic mass is 10.1. The molecule has 0 saturated heterocycles. The van der Waals surface area contributed by atoms with E-state index in [2.05, 4.69) is 31.2 Å². The van der Waals surface area contributed by atoms with Crippen LogP contribution in [0.1, 0.15) is 10.4 Å². The second-order valence-corrected chi connectivity index (χ2v) is 6.83. The van der Waals surface area contributed by atoms with E-state index in [9.17, 15) is 9.90 Å². The lowest BCUT2D eigenvalue weighted by molar-refractivity contribution is -0.255. The maximum absolute atomic E-state index is 11.1. The number of aromatic nitrogens is 2. The molecule has 1 heterocycles. The molecule has 0 aliphatic heterocycles. The molecule has 1 aromatic heterocycles. The van der Waals surface area contributed by atoms with Gasteiger partial charge in [-0.05, 0) is 35.9 Å². The van der Waals surface area contributed by atoms with E-state index < -0.39 is 5.97 Å². The number of hydrogen-bond acceptors (Lipinski definition) is 5. The molecule has 27 heavy (non-hydrogen) atoms. The number of anilines is 2. The SMILES string of the molecule is O=C([O-])c1cccc(Nc2nc(-c3ccccc3)c3cc(Br)ccc3n2)c1. The lowest BCUT2D eigenvalue weighted by Crippen LogP contribution is -2.22. The van der Waals surface area contributed by atoms with Gasteiger partial charge in [-0.3, -0.25) is 0 Å². The molecule has 0 atom stereocenters. The first-order valence-electron chi connectivity index (χ1n) is 8.21. The summed E-state index contributed by atoms with van der Waals surface area (Å²) in [7, 11) is 0. The molecule has 0 saturated carbocycles. The zero-order valence-electron chi connectivity index (χ0n) is 14.0. The second-order valence-electron chi connectivity index (χ2n) is 5.92. The molecule has 3 aromatic carbocycles. The van der Waals surface area contributed by atoms with Gasteiger partial charge >= 0.3 is 0 Å². The van der Waals surface area contributed by atoms with Crippen LogP contribution in [0, 0.1) is 0 Å². The summed E-state index contributed by atoms with van der Waals surface area (Å²) in [6, 6.07) is 22.0. The highest BCUT2D eigenvalue weighted by Gasteiger charge is 2.11. The third-order valence-corrected chi connectivity index (χ3v) is 4.55. The van der Waals surface area contributed by atoms with E-state index in [4.69, 9.17) is 0 Å². The van der Waals surface area contributed by atoms with Crippen molar-refractivity contribution in [2.45, 2.75) is 0 Å². The number of nitrogens with zero attached hydrogens (tertiary/aromatic N) is 2. The molecule has 4 rings (SSSR count). The van der Waals surface area contributed by atoms with Gasteiger partial charge in [-0.1, -0.05) is 58.4 Å². The third kappa shape index (κ3) is 3.66. The Morgan fingerprint density at radius 2 is 1.74 bits per heavy atom. The standard InChI is InChI=1S/C21H14BrN3O2/c22-15-9-10-18-17(12-15)19(13-5-2-1-3-6-13)25-21(24-18)23-16-8-4-7-14(11-16)20(26)27/h1-12H,(H,26,27)(H,23,24,25)/p-1. The first kappa shape index (κ1) is 17.2. The zero-order valence-corrected chi connectivity index (χ0v) is 15.6. The predicted molar refractivity (Wildman–Crippen MR) is 107 cm³/mol. The lowest BCUT2D eigenvalue weighted by Gasteiger charge is -2.12. The van der Waals surface area contributed by atoms with Crippen LogP contribution >= 0.6 is 15.9 Å².